The molecule has 3 rings (SSSR count). The first-order valence-electron chi connectivity index (χ1n) is 9.35. The van der Waals surface area contributed by atoms with Gasteiger partial charge in [0.1, 0.15) is 0 Å². The number of carbonyl (C=O) groups excluding carboxylic acids is 1. The van der Waals surface area contributed by atoms with E-state index in [2.05, 4.69) is 45.7 Å². The molecule has 1 atom stereocenters. The number of Topliss-reactive ketones (excluding diaryl/α,β-unsaturated/α-hetero) is 1. The lowest BCUT2D eigenvalue weighted by Crippen LogP contribution is -2.52. The molecule has 1 saturated heterocycles. The van der Waals surface area contributed by atoms with Gasteiger partial charge in [-0.1, -0.05) is 20.8 Å². The summed E-state index contributed by atoms with van der Waals surface area (Å²) in [6.07, 6.45) is 0. The number of rotatable bonds is 4. The molecule has 1 aromatic heterocycles. The molecule has 1 fully saturated rings. The monoisotopic (exact) mass is 358 g/mol. The highest BCUT2D eigenvalue weighted by Crippen LogP contribution is 2.29. The molecule has 26 heavy (non-hydrogen) atoms. The van der Waals surface area contributed by atoms with Crippen LogP contribution in [0.4, 0.5) is 5.69 Å². The van der Waals surface area contributed by atoms with Crippen LogP contribution in [0.15, 0.2) is 12.1 Å². The third-order valence-corrected chi connectivity index (χ3v) is 5.13. The van der Waals surface area contributed by atoms with Crippen molar-refractivity contribution in [3.63, 3.8) is 0 Å². The van der Waals surface area contributed by atoms with E-state index in [-0.39, 0.29) is 12.4 Å². The number of hydrogen-bond acceptors (Lipinski definition) is 5. The molecule has 6 nitrogen and oxygen atoms in total. The number of aromatic amines is 1. The predicted molar refractivity (Wildman–Crippen MR) is 105 cm³/mol. The Bertz CT molecular complexity index is 806. The molecule has 6 heteroatoms. The summed E-state index contributed by atoms with van der Waals surface area (Å²) >= 11 is 0. The van der Waals surface area contributed by atoms with Crippen LogP contribution in [-0.4, -0.2) is 64.6 Å². The lowest BCUT2D eigenvalue weighted by molar-refractivity contribution is 0.0848. The Morgan fingerprint density at radius 3 is 2.69 bits per heavy atom. The lowest BCUT2D eigenvalue weighted by Gasteiger charge is -2.41. The number of benzene rings is 1. The normalized spacial score (nSPS) is 19.3. The van der Waals surface area contributed by atoms with Gasteiger partial charge in [0.05, 0.1) is 17.6 Å². The van der Waals surface area contributed by atoms with Crippen LogP contribution in [0.1, 0.15) is 43.9 Å². The van der Waals surface area contributed by atoms with Gasteiger partial charge in [-0.2, -0.15) is 0 Å². The molecule has 0 radical (unpaired) electrons. The third kappa shape index (κ3) is 3.62. The number of aliphatic hydroxyl groups is 1. The molecule has 0 saturated carbocycles. The van der Waals surface area contributed by atoms with Crippen LogP contribution in [0.5, 0.6) is 0 Å². The number of aryl methyl sites for hydroxylation is 1. The standard InChI is InChI=1S/C20H30N4O2/c1-13-10-15-16(22-19(21-15)18(26)20(3,4)5)11-17(13)24-7-6-23(8-9-25)12-14(24)2/h10-11,14,25H,6-9,12H2,1-5H3,(H,21,22)/t14-/m0/s1. The number of H-pyrrole nitrogens is 1. The summed E-state index contributed by atoms with van der Waals surface area (Å²) in [5.41, 5.74) is 3.64. The first kappa shape index (κ1) is 18.9. The van der Waals surface area contributed by atoms with Gasteiger partial charge in [0.25, 0.3) is 0 Å². The number of nitrogens with zero attached hydrogens (tertiary/aromatic N) is 3. The molecule has 142 valence electrons. The molecular weight excluding hydrogens is 328 g/mol. The van der Waals surface area contributed by atoms with E-state index in [1.165, 1.54) is 11.3 Å². The van der Waals surface area contributed by atoms with Crippen LogP contribution in [-0.2, 0) is 0 Å². The Balaban J connectivity index is 1.90. The molecule has 1 aromatic carbocycles. The van der Waals surface area contributed by atoms with Crippen molar-refractivity contribution in [2.24, 2.45) is 5.41 Å². The highest BCUT2D eigenvalue weighted by atomic mass is 16.3. The van der Waals surface area contributed by atoms with E-state index in [1.807, 2.05) is 20.8 Å². The Labute approximate surface area is 155 Å². The fraction of sp³-hybridized carbons (Fsp3) is 0.600. The van der Waals surface area contributed by atoms with Crippen molar-refractivity contribution in [2.75, 3.05) is 37.7 Å². The highest BCUT2D eigenvalue weighted by Gasteiger charge is 2.27. The number of hydrogen-bond donors (Lipinski definition) is 2. The van der Waals surface area contributed by atoms with E-state index in [1.54, 1.807) is 0 Å². The number of piperazine rings is 1. The van der Waals surface area contributed by atoms with E-state index >= 15 is 0 Å². The Morgan fingerprint density at radius 2 is 2.08 bits per heavy atom. The van der Waals surface area contributed by atoms with Crippen LogP contribution < -0.4 is 4.90 Å². The van der Waals surface area contributed by atoms with Gasteiger partial charge in [-0.15, -0.1) is 0 Å². The molecule has 2 heterocycles. The van der Waals surface area contributed by atoms with Gasteiger partial charge >= 0.3 is 0 Å². The average Bonchev–Trinajstić information content (AvgIpc) is 2.96. The molecule has 0 bridgehead atoms. The third-order valence-electron chi connectivity index (χ3n) is 5.13. The van der Waals surface area contributed by atoms with E-state index in [0.717, 1.165) is 37.2 Å². The van der Waals surface area contributed by atoms with Crippen LogP contribution in [0.2, 0.25) is 0 Å². The van der Waals surface area contributed by atoms with Gasteiger partial charge in [0.2, 0.25) is 5.78 Å². The van der Waals surface area contributed by atoms with Gasteiger partial charge < -0.3 is 15.0 Å². The van der Waals surface area contributed by atoms with Crippen molar-refractivity contribution in [1.82, 2.24) is 14.9 Å². The minimum atomic E-state index is -0.455. The number of nitrogens with one attached hydrogen (secondary N) is 1. The van der Waals surface area contributed by atoms with Gasteiger partial charge in [-0.25, -0.2) is 4.98 Å². The van der Waals surface area contributed by atoms with Crippen molar-refractivity contribution in [3.05, 3.63) is 23.5 Å². The minimum absolute atomic E-state index is 0.0267. The quantitative estimate of drug-likeness (QED) is 0.822. The SMILES string of the molecule is Cc1cc2nc(C(=O)C(C)(C)C)[nH]c2cc1N1CCN(CCO)C[C@@H]1C. The lowest BCUT2D eigenvalue weighted by atomic mass is 9.90. The maximum absolute atomic E-state index is 12.5. The number of imidazole rings is 1. The first-order valence-corrected chi connectivity index (χ1v) is 9.35. The summed E-state index contributed by atoms with van der Waals surface area (Å²) in [5.74, 6) is 0.462. The predicted octanol–water partition coefficient (Wildman–Crippen LogP) is 2.60. The van der Waals surface area contributed by atoms with Crippen molar-refractivity contribution in [1.29, 1.82) is 0 Å². The van der Waals surface area contributed by atoms with Crippen molar-refractivity contribution < 1.29 is 9.90 Å². The molecule has 0 spiro atoms. The van der Waals surface area contributed by atoms with Crippen molar-refractivity contribution >= 4 is 22.5 Å². The highest BCUT2D eigenvalue weighted by molar-refractivity contribution is 5.99. The molecule has 1 aliphatic rings. The Hall–Kier alpha value is -1.92. The summed E-state index contributed by atoms with van der Waals surface area (Å²) in [4.78, 5) is 25.0. The zero-order valence-electron chi connectivity index (χ0n) is 16.5. The van der Waals surface area contributed by atoms with Crippen molar-refractivity contribution in [3.8, 4) is 0 Å². The van der Waals surface area contributed by atoms with E-state index < -0.39 is 5.41 Å². The molecule has 0 aliphatic carbocycles. The van der Waals surface area contributed by atoms with Crippen LogP contribution in [0.25, 0.3) is 11.0 Å². The number of carbonyl (C=O) groups is 1. The summed E-state index contributed by atoms with van der Waals surface area (Å²) in [5, 5.41) is 9.16. The van der Waals surface area contributed by atoms with Gasteiger partial charge in [0.15, 0.2) is 5.82 Å². The van der Waals surface area contributed by atoms with Crippen LogP contribution in [0.3, 0.4) is 0 Å². The van der Waals surface area contributed by atoms with E-state index in [0.29, 0.717) is 11.9 Å². The van der Waals surface area contributed by atoms with Crippen molar-refractivity contribution in [2.45, 2.75) is 40.7 Å². The molecule has 0 amide bonds. The maximum atomic E-state index is 12.5. The van der Waals surface area contributed by atoms with E-state index in [9.17, 15) is 4.79 Å². The second kappa shape index (κ2) is 7.00. The zero-order valence-corrected chi connectivity index (χ0v) is 16.5. The maximum Gasteiger partial charge on any atom is 0.203 e. The van der Waals surface area contributed by atoms with E-state index in [4.69, 9.17) is 5.11 Å². The minimum Gasteiger partial charge on any atom is -0.395 e. The molecule has 2 aromatic rings. The smallest absolute Gasteiger partial charge is 0.203 e. The largest absolute Gasteiger partial charge is 0.395 e. The summed E-state index contributed by atoms with van der Waals surface area (Å²) in [7, 11) is 0. The van der Waals surface area contributed by atoms with Crippen LogP contribution >= 0.6 is 0 Å². The number of fused-ring (bicyclic) bond motifs is 1. The Morgan fingerprint density at radius 1 is 1.35 bits per heavy atom. The fourth-order valence-corrected chi connectivity index (χ4v) is 3.66. The average molecular weight is 358 g/mol. The number of ketones is 1. The summed E-state index contributed by atoms with van der Waals surface area (Å²) < 4.78 is 0. The number of aliphatic hydroxyl groups excluding tert-OH is 1. The van der Waals surface area contributed by atoms with Gasteiger partial charge in [-0.05, 0) is 31.5 Å². The van der Waals surface area contributed by atoms with Gasteiger partial charge in [0, 0.05) is 43.3 Å². The number of aromatic nitrogens is 2. The first-order chi connectivity index (χ1) is 12.2. The summed E-state index contributed by atoms with van der Waals surface area (Å²) in [6.45, 7) is 13.8. The molecule has 2 N–H and O–H groups in total. The second-order valence-electron chi connectivity index (χ2n) is 8.39. The number of β-amino-alcohol motifs (C(OH)–C–C–N with tert-alkyl or cyclic N) is 1. The summed E-state index contributed by atoms with van der Waals surface area (Å²) in [6, 6.07) is 4.55. The zero-order chi connectivity index (χ0) is 19.1. The van der Waals surface area contributed by atoms with Gasteiger partial charge in [-0.3, -0.25) is 9.69 Å². The molecule has 0 unspecified atom stereocenters. The molecular formula is C20H30N4O2. The fourth-order valence-electron chi connectivity index (χ4n) is 3.66. The number of anilines is 1. The Kier molecular flexibility index (Phi) is 5.08. The second-order valence-corrected chi connectivity index (χ2v) is 8.39. The van der Waals surface area contributed by atoms with Crippen LogP contribution in [0, 0.1) is 12.3 Å². The topological polar surface area (TPSA) is 72.5 Å². The molecule has 1 aliphatic heterocycles.